The third kappa shape index (κ3) is 7.56. The first kappa shape index (κ1) is 17.3. The van der Waals surface area contributed by atoms with Crippen molar-refractivity contribution in [3.63, 3.8) is 0 Å². The minimum absolute atomic E-state index is 0.0746. The maximum absolute atomic E-state index is 11.6. The Morgan fingerprint density at radius 2 is 2.00 bits per heavy atom. The van der Waals surface area contributed by atoms with Gasteiger partial charge in [-0.15, -0.1) is 11.6 Å². The van der Waals surface area contributed by atoms with Crippen molar-refractivity contribution < 1.29 is 19.1 Å². The molecule has 0 aliphatic rings. The Morgan fingerprint density at radius 3 is 2.62 bits per heavy atom. The van der Waals surface area contributed by atoms with Crippen LogP contribution in [0, 0.1) is 0 Å². The molecular formula is C15H20ClNO4. The van der Waals surface area contributed by atoms with E-state index in [0.29, 0.717) is 12.3 Å². The molecular weight excluding hydrogens is 294 g/mol. The molecule has 0 aromatic heterocycles. The van der Waals surface area contributed by atoms with Gasteiger partial charge in [0.2, 0.25) is 5.91 Å². The van der Waals surface area contributed by atoms with Crippen LogP contribution in [-0.4, -0.2) is 30.0 Å². The van der Waals surface area contributed by atoms with Crippen molar-refractivity contribution in [3.05, 3.63) is 29.8 Å². The summed E-state index contributed by atoms with van der Waals surface area (Å²) in [4.78, 5) is 22.6. The highest BCUT2D eigenvalue weighted by Gasteiger charge is 2.16. The fourth-order valence-corrected chi connectivity index (χ4v) is 1.60. The van der Waals surface area contributed by atoms with Crippen molar-refractivity contribution >= 4 is 23.5 Å². The lowest BCUT2D eigenvalue weighted by molar-refractivity contribution is -0.157. The first-order valence-corrected chi connectivity index (χ1v) is 7.10. The average Bonchev–Trinajstić information content (AvgIpc) is 2.41. The van der Waals surface area contributed by atoms with Gasteiger partial charge < -0.3 is 14.8 Å². The van der Waals surface area contributed by atoms with Gasteiger partial charge in [-0.2, -0.15) is 0 Å². The van der Waals surface area contributed by atoms with E-state index in [4.69, 9.17) is 21.1 Å². The predicted molar refractivity (Wildman–Crippen MR) is 80.3 cm³/mol. The summed E-state index contributed by atoms with van der Waals surface area (Å²) in [6, 6.07) is 7.11. The molecule has 21 heavy (non-hydrogen) atoms. The Kier molecular flexibility index (Phi) is 6.49. The number of alkyl halides is 1. The highest BCUT2D eigenvalue weighted by atomic mass is 35.5. The highest BCUT2D eigenvalue weighted by Crippen LogP contribution is 2.14. The number of nitrogens with one attached hydrogen (secondary N) is 1. The van der Waals surface area contributed by atoms with Crippen molar-refractivity contribution in [3.8, 4) is 5.75 Å². The van der Waals surface area contributed by atoms with E-state index in [2.05, 4.69) is 5.32 Å². The summed E-state index contributed by atoms with van der Waals surface area (Å²) in [5.41, 5.74) is 0.323. The van der Waals surface area contributed by atoms with Crippen LogP contribution in [0.1, 0.15) is 26.3 Å². The largest absolute Gasteiger partial charge is 0.482 e. The monoisotopic (exact) mass is 313 g/mol. The van der Waals surface area contributed by atoms with E-state index in [9.17, 15) is 9.59 Å². The molecule has 0 saturated carbocycles. The zero-order chi connectivity index (χ0) is 15.9. The molecule has 1 rings (SSSR count). The number of esters is 1. The van der Waals surface area contributed by atoms with Gasteiger partial charge in [0.05, 0.1) is 0 Å². The maximum Gasteiger partial charge on any atom is 0.344 e. The van der Waals surface area contributed by atoms with Crippen molar-refractivity contribution in [2.45, 2.75) is 32.9 Å². The molecule has 0 unspecified atom stereocenters. The van der Waals surface area contributed by atoms with Gasteiger partial charge in [-0.3, -0.25) is 4.79 Å². The van der Waals surface area contributed by atoms with E-state index in [-0.39, 0.29) is 18.4 Å². The summed E-state index contributed by atoms with van der Waals surface area (Å²) in [6.45, 7) is 5.59. The van der Waals surface area contributed by atoms with Crippen LogP contribution in [0.15, 0.2) is 24.3 Å². The van der Waals surface area contributed by atoms with E-state index in [1.807, 2.05) is 6.07 Å². The summed E-state index contributed by atoms with van der Waals surface area (Å²) < 4.78 is 10.5. The minimum Gasteiger partial charge on any atom is -0.482 e. The summed E-state index contributed by atoms with van der Waals surface area (Å²) in [5, 5.41) is 2.65. The van der Waals surface area contributed by atoms with Crippen molar-refractivity contribution in [1.82, 2.24) is 5.32 Å². The van der Waals surface area contributed by atoms with Crippen molar-refractivity contribution in [1.29, 1.82) is 0 Å². The van der Waals surface area contributed by atoms with Gasteiger partial charge in [-0.05, 0) is 38.5 Å². The number of carbonyl (C=O) groups excluding carboxylic acids is 2. The van der Waals surface area contributed by atoms with Crippen LogP contribution in [0.3, 0.4) is 0 Å². The fraction of sp³-hybridized carbons (Fsp3) is 0.467. The van der Waals surface area contributed by atoms with Gasteiger partial charge in [0.1, 0.15) is 17.2 Å². The van der Waals surface area contributed by atoms with Crippen LogP contribution in [0.5, 0.6) is 5.75 Å². The molecule has 0 spiro atoms. The molecule has 1 amide bonds. The number of benzene rings is 1. The zero-order valence-corrected chi connectivity index (χ0v) is 13.2. The number of hydrogen-bond acceptors (Lipinski definition) is 4. The average molecular weight is 314 g/mol. The number of ether oxygens (including phenoxy) is 2. The molecule has 0 atom stereocenters. The number of carbonyl (C=O) groups is 2. The molecule has 1 N–H and O–H groups in total. The molecule has 0 bridgehead atoms. The molecule has 116 valence electrons. The van der Waals surface area contributed by atoms with E-state index in [1.54, 1.807) is 39.0 Å². The molecule has 0 aliphatic heterocycles. The van der Waals surface area contributed by atoms with Gasteiger partial charge in [0, 0.05) is 6.54 Å². The maximum atomic E-state index is 11.6. The lowest BCUT2D eigenvalue weighted by Gasteiger charge is -2.19. The van der Waals surface area contributed by atoms with E-state index < -0.39 is 11.6 Å². The molecule has 6 heteroatoms. The van der Waals surface area contributed by atoms with Crippen LogP contribution >= 0.6 is 11.6 Å². The van der Waals surface area contributed by atoms with Gasteiger partial charge in [-0.25, -0.2) is 4.79 Å². The Bertz CT molecular complexity index is 497. The van der Waals surface area contributed by atoms with Crippen LogP contribution in [0.4, 0.5) is 0 Å². The number of halogens is 1. The summed E-state index contributed by atoms with van der Waals surface area (Å²) in [5.74, 6) is -0.201. The number of rotatable bonds is 6. The van der Waals surface area contributed by atoms with Gasteiger partial charge in [-0.1, -0.05) is 12.1 Å². The first-order chi connectivity index (χ1) is 9.80. The lowest BCUT2D eigenvalue weighted by Crippen LogP contribution is -2.27. The second-order valence-electron chi connectivity index (χ2n) is 5.43. The Hall–Kier alpha value is -1.75. The molecule has 0 aliphatic carbocycles. The Balaban J connectivity index is 2.49. The molecule has 5 nitrogen and oxygen atoms in total. The summed E-state index contributed by atoms with van der Waals surface area (Å²) in [6.07, 6.45) is 0. The van der Waals surface area contributed by atoms with Crippen molar-refractivity contribution in [2.75, 3.05) is 12.5 Å². The Morgan fingerprint density at radius 1 is 1.29 bits per heavy atom. The molecule has 0 fully saturated rings. The summed E-state index contributed by atoms with van der Waals surface area (Å²) in [7, 11) is 0. The topological polar surface area (TPSA) is 64.6 Å². The molecule has 0 radical (unpaired) electrons. The second kappa shape index (κ2) is 7.88. The summed E-state index contributed by atoms with van der Waals surface area (Å²) >= 11 is 5.40. The van der Waals surface area contributed by atoms with Crippen LogP contribution in [0.25, 0.3) is 0 Å². The standard InChI is InChI=1S/C15H20ClNO4/c1-15(2,3)21-14(19)10-20-12-6-4-5-11(7-12)9-17-13(18)8-16/h4-7H,8-10H2,1-3H3,(H,17,18). The highest BCUT2D eigenvalue weighted by molar-refractivity contribution is 6.27. The van der Waals surface area contributed by atoms with E-state index >= 15 is 0 Å². The third-order valence-electron chi connectivity index (χ3n) is 2.29. The molecule has 0 saturated heterocycles. The van der Waals surface area contributed by atoms with Gasteiger partial charge in [0.15, 0.2) is 6.61 Å². The normalized spacial score (nSPS) is 10.9. The van der Waals surface area contributed by atoms with Gasteiger partial charge in [0.25, 0.3) is 0 Å². The SMILES string of the molecule is CC(C)(C)OC(=O)COc1cccc(CNC(=O)CCl)c1. The molecule has 1 aromatic carbocycles. The van der Waals surface area contributed by atoms with E-state index in [1.165, 1.54) is 0 Å². The lowest BCUT2D eigenvalue weighted by atomic mass is 10.2. The minimum atomic E-state index is -0.534. The zero-order valence-electron chi connectivity index (χ0n) is 12.4. The van der Waals surface area contributed by atoms with Crippen LogP contribution in [0.2, 0.25) is 0 Å². The Labute approximate surface area is 129 Å². The molecule has 0 heterocycles. The van der Waals surface area contributed by atoms with Crippen molar-refractivity contribution in [2.24, 2.45) is 0 Å². The van der Waals surface area contributed by atoms with E-state index in [0.717, 1.165) is 5.56 Å². The molecule has 1 aromatic rings. The quantitative estimate of drug-likeness (QED) is 0.646. The smallest absolute Gasteiger partial charge is 0.344 e. The number of amides is 1. The predicted octanol–water partition coefficient (Wildman–Crippen LogP) is 2.26. The second-order valence-corrected chi connectivity index (χ2v) is 5.70. The van der Waals surface area contributed by atoms with Crippen LogP contribution < -0.4 is 10.1 Å². The fourth-order valence-electron chi connectivity index (χ4n) is 1.51. The number of hydrogen-bond donors (Lipinski definition) is 1. The first-order valence-electron chi connectivity index (χ1n) is 6.56. The van der Waals surface area contributed by atoms with Crippen LogP contribution in [-0.2, 0) is 20.9 Å². The van der Waals surface area contributed by atoms with Gasteiger partial charge >= 0.3 is 5.97 Å². The third-order valence-corrected chi connectivity index (χ3v) is 2.53.